The Labute approximate surface area is 139 Å². The van der Waals surface area contributed by atoms with Gasteiger partial charge in [0.05, 0.1) is 24.3 Å². The predicted octanol–water partition coefficient (Wildman–Crippen LogP) is 2.37. The standard InChI is InChI=1S/C17H19N5O2/c1-3-15(17-19-12(2)24-21-17)20-16(23)9-13-10-18-22(11-13)14-7-5-4-6-8-14/h4-8,10-11,15H,3,9H2,1-2H3,(H,20,23). The Morgan fingerprint density at radius 1 is 1.33 bits per heavy atom. The molecule has 7 nitrogen and oxygen atoms in total. The minimum Gasteiger partial charge on any atom is -0.346 e. The molecule has 0 saturated carbocycles. The van der Waals surface area contributed by atoms with Gasteiger partial charge in [-0.05, 0) is 24.1 Å². The van der Waals surface area contributed by atoms with Crippen molar-refractivity contribution in [1.82, 2.24) is 25.2 Å². The molecule has 1 amide bonds. The van der Waals surface area contributed by atoms with Gasteiger partial charge in [-0.2, -0.15) is 10.1 Å². The minimum atomic E-state index is -0.251. The Morgan fingerprint density at radius 3 is 2.79 bits per heavy atom. The predicted molar refractivity (Wildman–Crippen MR) is 87.5 cm³/mol. The number of aromatic nitrogens is 4. The van der Waals surface area contributed by atoms with Crippen LogP contribution in [0.2, 0.25) is 0 Å². The molecule has 7 heteroatoms. The molecule has 0 aliphatic heterocycles. The van der Waals surface area contributed by atoms with E-state index in [-0.39, 0.29) is 18.4 Å². The van der Waals surface area contributed by atoms with Gasteiger partial charge in [-0.15, -0.1) is 0 Å². The van der Waals surface area contributed by atoms with E-state index >= 15 is 0 Å². The molecule has 1 atom stereocenters. The highest BCUT2D eigenvalue weighted by Gasteiger charge is 2.18. The van der Waals surface area contributed by atoms with Crippen LogP contribution in [0.5, 0.6) is 0 Å². The Balaban J connectivity index is 1.63. The topological polar surface area (TPSA) is 85.8 Å². The van der Waals surface area contributed by atoms with E-state index in [0.717, 1.165) is 11.3 Å². The molecular formula is C17H19N5O2. The highest BCUT2D eigenvalue weighted by atomic mass is 16.5. The molecule has 2 aromatic heterocycles. The second-order valence-corrected chi connectivity index (χ2v) is 5.51. The molecule has 3 rings (SSSR count). The van der Waals surface area contributed by atoms with Crippen LogP contribution in [0, 0.1) is 6.92 Å². The van der Waals surface area contributed by atoms with Crippen molar-refractivity contribution in [1.29, 1.82) is 0 Å². The van der Waals surface area contributed by atoms with Crippen LogP contribution in [-0.4, -0.2) is 25.8 Å². The first-order valence-electron chi connectivity index (χ1n) is 7.84. The molecule has 0 fully saturated rings. The summed E-state index contributed by atoms with van der Waals surface area (Å²) in [4.78, 5) is 16.5. The molecule has 124 valence electrons. The fourth-order valence-corrected chi connectivity index (χ4v) is 2.41. The van der Waals surface area contributed by atoms with Crippen molar-refractivity contribution in [3.63, 3.8) is 0 Å². The fourth-order valence-electron chi connectivity index (χ4n) is 2.41. The van der Waals surface area contributed by atoms with Gasteiger partial charge in [0.15, 0.2) is 5.82 Å². The smallest absolute Gasteiger partial charge is 0.225 e. The van der Waals surface area contributed by atoms with E-state index in [2.05, 4.69) is 20.6 Å². The second kappa shape index (κ2) is 7.08. The van der Waals surface area contributed by atoms with E-state index in [9.17, 15) is 4.79 Å². The second-order valence-electron chi connectivity index (χ2n) is 5.51. The number of nitrogens with one attached hydrogen (secondary N) is 1. The molecule has 0 spiro atoms. The van der Waals surface area contributed by atoms with Crippen molar-refractivity contribution in [2.45, 2.75) is 32.7 Å². The van der Waals surface area contributed by atoms with E-state index in [0.29, 0.717) is 18.1 Å². The van der Waals surface area contributed by atoms with Gasteiger partial charge in [-0.3, -0.25) is 4.79 Å². The van der Waals surface area contributed by atoms with Crippen molar-refractivity contribution in [3.8, 4) is 5.69 Å². The van der Waals surface area contributed by atoms with Gasteiger partial charge in [-0.1, -0.05) is 30.3 Å². The lowest BCUT2D eigenvalue weighted by molar-refractivity contribution is -0.121. The summed E-state index contributed by atoms with van der Waals surface area (Å²) in [6, 6.07) is 9.51. The van der Waals surface area contributed by atoms with Crippen LogP contribution in [0.1, 0.15) is 36.7 Å². The summed E-state index contributed by atoms with van der Waals surface area (Å²) >= 11 is 0. The first-order chi connectivity index (χ1) is 11.7. The summed E-state index contributed by atoms with van der Waals surface area (Å²) in [5.41, 5.74) is 1.80. The average molecular weight is 325 g/mol. The molecule has 2 heterocycles. The van der Waals surface area contributed by atoms with Gasteiger partial charge in [0.2, 0.25) is 11.8 Å². The number of hydrogen-bond acceptors (Lipinski definition) is 5. The number of rotatable bonds is 6. The molecule has 0 aliphatic rings. The normalized spacial score (nSPS) is 12.1. The molecule has 1 N–H and O–H groups in total. The van der Waals surface area contributed by atoms with E-state index in [1.165, 1.54) is 0 Å². The van der Waals surface area contributed by atoms with Crippen LogP contribution in [0.3, 0.4) is 0 Å². The van der Waals surface area contributed by atoms with Crippen molar-refractivity contribution in [2.24, 2.45) is 0 Å². The third-order valence-electron chi connectivity index (χ3n) is 3.62. The van der Waals surface area contributed by atoms with Crippen LogP contribution in [-0.2, 0) is 11.2 Å². The van der Waals surface area contributed by atoms with Crippen LogP contribution in [0.4, 0.5) is 0 Å². The third-order valence-corrected chi connectivity index (χ3v) is 3.62. The number of aryl methyl sites for hydroxylation is 1. The number of hydrogen-bond donors (Lipinski definition) is 1. The summed E-state index contributed by atoms with van der Waals surface area (Å²) in [6.45, 7) is 3.69. The van der Waals surface area contributed by atoms with Gasteiger partial charge >= 0.3 is 0 Å². The summed E-state index contributed by atoms with van der Waals surface area (Å²) in [6.07, 6.45) is 4.49. The Kier molecular flexibility index (Phi) is 4.69. The lowest BCUT2D eigenvalue weighted by atomic mass is 10.2. The van der Waals surface area contributed by atoms with E-state index in [1.54, 1.807) is 17.8 Å². The fraction of sp³-hybridized carbons (Fsp3) is 0.294. The number of para-hydroxylation sites is 1. The molecule has 0 bridgehead atoms. The Hall–Kier alpha value is -2.96. The molecular weight excluding hydrogens is 306 g/mol. The largest absolute Gasteiger partial charge is 0.346 e. The van der Waals surface area contributed by atoms with Gasteiger partial charge in [-0.25, -0.2) is 4.68 Å². The molecule has 0 radical (unpaired) electrons. The van der Waals surface area contributed by atoms with Crippen LogP contribution >= 0.6 is 0 Å². The lowest BCUT2D eigenvalue weighted by Gasteiger charge is -2.12. The van der Waals surface area contributed by atoms with Crippen LogP contribution in [0.15, 0.2) is 47.2 Å². The monoisotopic (exact) mass is 325 g/mol. The first kappa shape index (κ1) is 15.9. The SMILES string of the molecule is CCC(NC(=O)Cc1cnn(-c2ccccc2)c1)c1noc(C)n1. The number of carbonyl (C=O) groups excluding carboxylic acids is 1. The Bertz CT molecular complexity index is 809. The summed E-state index contributed by atoms with van der Waals surface area (Å²) in [5.74, 6) is 0.891. The minimum absolute atomic E-state index is 0.100. The molecule has 3 aromatic rings. The van der Waals surface area contributed by atoms with E-state index < -0.39 is 0 Å². The maximum absolute atomic E-state index is 12.3. The van der Waals surface area contributed by atoms with Gasteiger partial charge < -0.3 is 9.84 Å². The number of nitrogens with zero attached hydrogens (tertiary/aromatic N) is 4. The summed E-state index contributed by atoms with van der Waals surface area (Å²) in [7, 11) is 0. The van der Waals surface area contributed by atoms with Crippen LogP contribution < -0.4 is 5.32 Å². The molecule has 24 heavy (non-hydrogen) atoms. The van der Waals surface area contributed by atoms with Crippen molar-refractivity contribution in [3.05, 3.63) is 60.0 Å². The molecule has 1 unspecified atom stereocenters. The van der Waals surface area contributed by atoms with Crippen molar-refractivity contribution in [2.75, 3.05) is 0 Å². The van der Waals surface area contributed by atoms with Crippen molar-refractivity contribution < 1.29 is 9.32 Å². The lowest BCUT2D eigenvalue weighted by Crippen LogP contribution is -2.30. The summed E-state index contributed by atoms with van der Waals surface area (Å²) in [5, 5.41) is 11.1. The average Bonchev–Trinajstić information content (AvgIpc) is 3.22. The quantitative estimate of drug-likeness (QED) is 0.752. The third kappa shape index (κ3) is 3.68. The van der Waals surface area contributed by atoms with Gasteiger partial charge in [0.25, 0.3) is 0 Å². The zero-order valence-corrected chi connectivity index (χ0v) is 13.6. The zero-order valence-electron chi connectivity index (χ0n) is 13.6. The molecule has 0 aliphatic carbocycles. The Morgan fingerprint density at radius 2 is 2.12 bits per heavy atom. The van der Waals surface area contributed by atoms with Gasteiger partial charge in [0, 0.05) is 13.1 Å². The van der Waals surface area contributed by atoms with Crippen molar-refractivity contribution >= 4 is 5.91 Å². The summed E-state index contributed by atoms with van der Waals surface area (Å²) < 4.78 is 6.73. The molecule has 1 aromatic carbocycles. The zero-order chi connectivity index (χ0) is 16.9. The van der Waals surface area contributed by atoms with E-state index in [4.69, 9.17) is 4.52 Å². The first-order valence-corrected chi connectivity index (χ1v) is 7.84. The maximum Gasteiger partial charge on any atom is 0.225 e. The van der Waals surface area contributed by atoms with E-state index in [1.807, 2.05) is 43.5 Å². The van der Waals surface area contributed by atoms with Crippen LogP contribution in [0.25, 0.3) is 5.69 Å². The number of carbonyl (C=O) groups is 1. The van der Waals surface area contributed by atoms with Gasteiger partial charge in [0.1, 0.15) is 0 Å². The number of amides is 1. The number of benzene rings is 1. The highest BCUT2D eigenvalue weighted by Crippen LogP contribution is 2.14. The maximum atomic E-state index is 12.3. The molecule has 0 saturated heterocycles. The highest BCUT2D eigenvalue weighted by molar-refractivity contribution is 5.78.